The van der Waals surface area contributed by atoms with E-state index in [0.29, 0.717) is 13.2 Å². The third-order valence-corrected chi connectivity index (χ3v) is 13.2. The minimum Gasteiger partial charge on any atom is -0.497 e. The van der Waals surface area contributed by atoms with Crippen LogP contribution in [0.3, 0.4) is 0 Å². The molecule has 3 rings (SSSR count). The highest BCUT2D eigenvalue weighted by molar-refractivity contribution is 6.74. The zero-order valence-electron chi connectivity index (χ0n) is 22.3. The van der Waals surface area contributed by atoms with Crippen LogP contribution in [0.2, 0.25) is 18.1 Å². The van der Waals surface area contributed by atoms with E-state index < -0.39 is 13.7 Å². The van der Waals surface area contributed by atoms with Crippen molar-refractivity contribution < 1.29 is 23.4 Å². The molecule has 6 atom stereocenters. The van der Waals surface area contributed by atoms with Gasteiger partial charge in [0.25, 0.3) is 0 Å². The number of fused-ring (bicyclic) bond motifs is 1. The van der Waals surface area contributed by atoms with Crippen molar-refractivity contribution in [3.05, 3.63) is 42.0 Å². The van der Waals surface area contributed by atoms with Crippen molar-refractivity contribution in [1.29, 1.82) is 0 Å². The Morgan fingerprint density at radius 3 is 2.32 bits per heavy atom. The van der Waals surface area contributed by atoms with Crippen LogP contribution in [0, 0.1) is 23.2 Å². The number of benzene rings is 1. The number of rotatable bonds is 9. The Morgan fingerprint density at radius 1 is 1.09 bits per heavy atom. The fourth-order valence-electron chi connectivity index (χ4n) is 5.10. The molecule has 2 aliphatic carbocycles. The number of hydrogen-bond acceptors (Lipinski definition) is 5. The van der Waals surface area contributed by atoms with Crippen LogP contribution in [-0.2, 0) is 25.3 Å². The Hall–Kier alpha value is -1.47. The summed E-state index contributed by atoms with van der Waals surface area (Å²) in [6, 6.07) is 7.98. The summed E-state index contributed by atoms with van der Waals surface area (Å²) < 4.78 is 24.1. The SMILES string of the molecule is COc1ccc(CO[C@H]2C[C@@H](OC)C[C@@H]3[C@H]2C=C[C@H](CO[Si](C)(C)C(C)(C)C)[C@]3(C)C=O)cc1. The van der Waals surface area contributed by atoms with Crippen LogP contribution in [0.4, 0.5) is 0 Å². The topological polar surface area (TPSA) is 54.0 Å². The first kappa shape index (κ1) is 27.1. The van der Waals surface area contributed by atoms with E-state index in [-0.39, 0.29) is 35.0 Å². The van der Waals surface area contributed by atoms with Crippen molar-refractivity contribution >= 4 is 14.6 Å². The van der Waals surface area contributed by atoms with Gasteiger partial charge in [0.2, 0.25) is 0 Å². The van der Waals surface area contributed by atoms with Gasteiger partial charge in [0.1, 0.15) is 12.0 Å². The van der Waals surface area contributed by atoms with E-state index in [1.807, 2.05) is 24.3 Å². The van der Waals surface area contributed by atoms with E-state index in [9.17, 15) is 4.79 Å². The van der Waals surface area contributed by atoms with Crippen molar-refractivity contribution in [2.24, 2.45) is 23.2 Å². The highest BCUT2D eigenvalue weighted by atomic mass is 28.4. The van der Waals surface area contributed by atoms with E-state index in [4.69, 9.17) is 18.6 Å². The molecule has 0 saturated heterocycles. The van der Waals surface area contributed by atoms with Gasteiger partial charge in [-0.2, -0.15) is 0 Å². The molecule has 5 nitrogen and oxygen atoms in total. The number of hydrogen-bond donors (Lipinski definition) is 0. The average molecular weight is 489 g/mol. The van der Waals surface area contributed by atoms with Gasteiger partial charge in [-0.15, -0.1) is 0 Å². The Morgan fingerprint density at radius 2 is 1.76 bits per heavy atom. The van der Waals surface area contributed by atoms with Gasteiger partial charge in [-0.05, 0) is 48.2 Å². The zero-order chi connectivity index (χ0) is 25.1. The lowest BCUT2D eigenvalue weighted by Crippen LogP contribution is -2.53. The number of aldehydes is 1. The summed E-state index contributed by atoms with van der Waals surface area (Å²) in [5.74, 6) is 1.23. The number of carbonyl (C=O) groups is 1. The molecule has 6 heteroatoms. The van der Waals surface area contributed by atoms with Crippen molar-refractivity contribution in [3.63, 3.8) is 0 Å². The summed E-state index contributed by atoms with van der Waals surface area (Å²) in [4.78, 5) is 12.6. The molecule has 0 unspecified atom stereocenters. The van der Waals surface area contributed by atoms with E-state index in [0.717, 1.165) is 24.2 Å². The van der Waals surface area contributed by atoms with Crippen LogP contribution in [-0.4, -0.2) is 47.6 Å². The number of methoxy groups -OCH3 is 2. The third-order valence-electron chi connectivity index (χ3n) is 8.71. The maximum atomic E-state index is 12.6. The molecular weight excluding hydrogens is 444 g/mol. The molecule has 0 spiro atoms. The standard InChI is InChI=1S/C28H44O5Si/c1-27(2,3)34(7,8)33-18-21-11-14-24-25(28(21,4)19-29)15-23(31-6)16-26(24)32-17-20-9-12-22(30-5)13-10-20/h9-14,19,21,23-26H,15-18H2,1-8H3/t21-,23+,24-,25-,26+,28+/m1/s1. The van der Waals surface area contributed by atoms with Crippen molar-refractivity contribution in [3.8, 4) is 5.75 Å². The maximum Gasteiger partial charge on any atom is 0.192 e. The Labute approximate surface area is 207 Å². The molecule has 0 aliphatic heterocycles. The van der Waals surface area contributed by atoms with Crippen LogP contribution in [0.25, 0.3) is 0 Å². The minimum absolute atomic E-state index is 0.00332. The molecule has 1 aromatic carbocycles. The van der Waals surface area contributed by atoms with Gasteiger partial charge in [0, 0.05) is 37.4 Å². The first-order valence-electron chi connectivity index (χ1n) is 12.5. The predicted molar refractivity (Wildman–Crippen MR) is 139 cm³/mol. The minimum atomic E-state index is -1.91. The molecule has 0 amide bonds. The van der Waals surface area contributed by atoms with E-state index in [1.54, 1.807) is 14.2 Å². The summed E-state index contributed by atoms with van der Waals surface area (Å²) >= 11 is 0. The van der Waals surface area contributed by atoms with E-state index in [1.165, 1.54) is 6.29 Å². The molecule has 0 radical (unpaired) electrons. The van der Waals surface area contributed by atoms with Gasteiger partial charge in [0.05, 0.1) is 25.9 Å². The predicted octanol–water partition coefficient (Wildman–Crippen LogP) is 6.03. The number of carbonyl (C=O) groups excluding carboxylic acids is 1. The summed E-state index contributed by atoms with van der Waals surface area (Å²) in [5.41, 5.74) is 0.594. The molecule has 0 N–H and O–H groups in total. The van der Waals surface area contributed by atoms with Crippen LogP contribution in [0.15, 0.2) is 36.4 Å². The molecule has 2 aliphatic rings. The highest BCUT2D eigenvalue weighted by Gasteiger charge is 2.52. The molecule has 1 fully saturated rings. The van der Waals surface area contributed by atoms with Gasteiger partial charge >= 0.3 is 0 Å². The fraction of sp³-hybridized carbons (Fsp3) is 0.679. The Balaban J connectivity index is 1.78. The second-order valence-corrected chi connectivity index (χ2v) is 16.6. The second-order valence-electron chi connectivity index (χ2n) is 11.8. The average Bonchev–Trinajstić information content (AvgIpc) is 2.81. The molecule has 34 heavy (non-hydrogen) atoms. The smallest absolute Gasteiger partial charge is 0.192 e. The number of ether oxygens (including phenoxy) is 3. The molecule has 1 saturated carbocycles. The van der Waals surface area contributed by atoms with Gasteiger partial charge in [-0.25, -0.2) is 0 Å². The summed E-state index contributed by atoms with van der Waals surface area (Å²) in [7, 11) is 1.53. The Bertz CT molecular complexity index is 843. The Kier molecular flexibility index (Phi) is 8.49. The second kappa shape index (κ2) is 10.6. The summed E-state index contributed by atoms with van der Waals surface area (Å²) in [6.07, 6.45) is 7.46. The zero-order valence-corrected chi connectivity index (χ0v) is 23.3. The van der Waals surface area contributed by atoms with E-state index >= 15 is 0 Å². The summed E-state index contributed by atoms with van der Waals surface area (Å²) in [5, 5.41) is 0.137. The van der Waals surface area contributed by atoms with Crippen LogP contribution < -0.4 is 4.74 Å². The molecule has 190 valence electrons. The molecule has 1 aromatic rings. The van der Waals surface area contributed by atoms with Crippen molar-refractivity contribution in [1.82, 2.24) is 0 Å². The summed E-state index contributed by atoms with van der Waals surface area (Å²) in [6.45, 7) is 14.5. The van der Waals surface area contributed by atoms with Gasteiger partial charge in [-0.1, -0.05) is 52.0 Å². The van der Waals surface area contributed by atoms with Crippen LogP contribution in [0.1, 0.15) is 46.1 Å². The lowest BCUT2D eigenvalue weighted by molar-refractivity contribution is -0.138. The van der Waals surface area contributed by atoms with E-state index in [2.05, 4.69) is 52.9 Å². The van der Waals surface area contributed by atoms with Gasteiger partial charge in [0.15, 0.2) is 8.32 Å². The lowest BCUT2D eigenvalue weighted by Gasteiger charge is -2.51. The molecule has 0 heterocycles. The lowest BCUT2D eigenvalue weighted by atomic mass is 9.56. The molecule has 0 bridgehead atoms. The molecule has 0 aromatic heterocycles. The van der Waals surface area contributed by atoms with Gasteiger partial charge in [-0.3, -0.25) is 0 Å². The maximum absolute atomic E-state index is 12.6. The van der Waals surface area contributed by atoms with Crippen molar-refractivity contribution in [2.75, 3.05) is 20.8 Å². The third kappa shape index (κ3) is 5.67. The van der Waals surface area contributed by atoms with Crippen LogP contribution in [0.5, 0.6) is 5.75 Å². The van der Waals surface area contributed by atoms with Crippen LogP contribution >= 0.6 is 0 Å². The fourth-order valence-corrected chi connectivity index (χ4v) is 6.13. The first-order chi connectivity index (χ1) is 15.9. The van der Waals surface area contributed by atoms with Gasteiger partial charge < -0.3 is 23.4 Å². The van der Waals surface area contributed by atoms with Crippen molar-refractivity contribution in [2.45, 2.75) is 77.5 Å². The molecular formula is C28H44O5Si. The monoisotopic (exact) mass is 488 g/mol. The largest absolute Gasteiger partial charge is 0.497 e. The quantitative estimate of drug-likeness (QED) is 0.241. The normalized spacial score (nSPS) is 31.7. The highest BCUT2D eigenvalue weighted by Crippen LogP contribution is 2.51. The first-order valence-corrected chi connectivity index (χ1v) is 15.4.